The van der Waals surface area contributed by atoms with Crippen LogP contribution in [0.2, 0.25) is 0 Å². The molecule has 0 heterocycles. The van der Waals surface area contributed by atoms with Crippen LogP contribution in [0.3, 0.4) is 0 Å². The molecule has 0 aromatic heterocycles. The maximum atomic E-state index is 12.1. The van der Waals surface area contributed by atoms with E-state index in [0.717, 1.165) is 12.1 Å². The number of hydroxylamine groups is 1. The molecule has 19 heavy (non-hydrogen) atoms. The van der Waals surface area contributed by atoms with E-state index in [1.807, 2.05) is 5.48 Å². The minimum absolute atomic E-state index is 0.0397. The highest BCUT2D eigenvalue weighted by molar-refractivity contribution is 8.00. The summed E-state index contributed by atoms with van der Waals surface area (Å²) in [4.78, 5) is 26.2. The first-order valence-electron chi connectivity index (χ1n) is 4.84. The van der Waals surface area contributed by atoms with E-state index >= 15 is 0 Å². The van der Waals surface area contributed by atoms with Crippen LogP contribution < -0.4 is 11.2 Å². The summed E-state index contributed by atoms with van der Waals surface area (Å²) in [6.45, 7) is -0.492. The monoisotopic (exact) mass is 294 g/mol. The first-order chi connectivity index (χ1) is 8.78. The number of rotatable bonds is 5. The lowest BCUT2D eigenvalue weighted by Crippen LogP contribution is -2.29. The largest absolute Gasteiger partial charge is 0.446 e. The van der Waals surface area contributed by atoms with Crippen LogP contribution in [0, 0.1) is 0 Å². The molecule has 0 spiro atoms. The summed E-state index contributed by atoms with van der Waals surface area (Å²) in [5.74, 6) is -1.46. The molecule has 0 atom stereocenters. The highest BCUT2D eigenvalue weighted by Crippen LogP contribution is 2.36. The van der Waals surface area contributed by atoms with Gasteiger partial charge < -0.3 is 5.73 Å². The number of hydrogen-bond donors (Lipinski definition) is 2. The molecule has 0 saturated carbocycles. The van der Waals surface area contributed by atoms with E-state index in [9.17, 15) is 22.8 Å². The fraction of sp³-hybridized carbons (Fsp3) is 0.200. The molecule has 0 bridgehead atoms. The summed E-state index contributed by atoms with van der Waals surface area (Å²) in [6, 6.07) is 4.72. The molecule has 0 aliphatic heterocycles. The molecule has 3 N–H and O–H groups in total. The third-order valence-electron chi connectivity index (χ3n) is 1.73. The number of primary amides is 1. The average molecular weight is 294 g/mol. The number of alkyl halides is 3. The second kappa shape index (κ2) is 6.43. The van der Waals surface area contributed by atoms with Gasteiger partial charge in [-0.15, -0.1) is 0 Å². The Bertz CT molecular complexity index is 462. The molecule has 104 valence electrons. The van der Waals surface area contributed by atoms with Crippen molar-refractivity contribution < 1.29 is 27.6 Å². The van der Waals surface area contributed by atoms with Crippen molar-refractivity contribution in [2.45, 2.75) is 10.4 Å². The molecule has 5 nitrogen and oxygen atoms in total. The first kappa shape index (κ1) is 15.3. The maximum Gasteiger partial charge on any atom is 0.446 e. The Morgan fingerprint density at radius 2 is 1.84 bits per heavy atom. The van der Waals surface area contributed by atoms with Crippen LogP contribution in [0.1, 0.15) is 10.4 Å². The number of nitrogens with two attached hydrogens (primary N) is 1. The van der Waals surface area contributed by atoms with Gasteiger partial charge in [0.05, 0.1) is 0 Å². The number of carbonyl (C=O) groups is 2. The second-order valence-corrected chi connectivity index (χ2v) is 4.40. The Kier molecular flexibility index (Phi) is 5.19. The zero-order chi connectivity index (χ0) is 14.5. The van der Waals surface area contributed by atoms with E-state index in [1.54, 1.807) is 0 Å². The standard InChI is InChI=1S/C10H9F3N2O3S/c11-10(12,13)19-7-3-1-6(2-4-7)9(17)15-18-5-8(14)16/h1-4H,5H2,(H2,14,16)(H,15,17). The quantitative estimate of drug-likeness (QED) is 0.636. The molecule has 1 aromatic rings. The van der Waals surface area contributed by atoms with E-state index < -0.39 is 23.9 Å². The Morgan fingerprint density at radius 3 is 2.32 bits per heavy atom. The molecule has 1 rings (SSSR count). The minimum atomic E-state index is -4.38. The van der Waals surface area contributed by atoms with Crippen molar-refractivity contribution in [1.82, 2.24) is 5.48 Å². The Labute approximate surface area is 110 Å². The topological polar surface area (TPSA) is 81.4 Å². The fourth-order valence-electron chi connectivity index (χ4n) is 1.04. The van der Waals surface area contributed by atoms with Gasteiger partial charge in [0.25, 0.3) is 5.91 Å². The third-order valence-corrected chi connectivity index (χ3v) is 2.47. The highest BCUT2D eigenvalue weighted by Gasteiger charge is 2.29. The zero-order valence-electron chi connectivity index (χ0n) is 9.36. The van der Waals surface area contributed by atoms with Crippen LogP contribution in [0.5, 0.6) is 0 Å². The van der Waals surface area contributed by atoms with Crippen LogP contribution in [0.4, 0.5) is 13.2 Å². The predicted octanol–water partition coefficient (Wildman–Crippen LogP) is 1.45. The van der Waals surface area contributed by atoms with Crippen molar-refractivity contribution in [2.24, 2.45) is 5.73 Å². The first-order valence-corrected chi connectivity index (χ1v) is 5.66. The fourth-order valence-corrected chi connectivity index (χ4v) is 1.58. The van der Waals surface area contributed by atoms with E-state index in [1.165, 1.54) is 12.1 Å². The van der Waals surface area contributed by atoms with Crippen LogP contribution in [-0.2, 0) is 9.63 Å². The third kappa shape index (κ3) is 6.11. The SMILES string of the molecule is NC(=O)CONC(=O)c1ccc(SC(F)(F)F)cc1. The van der Waals surface area contributed by atoms with Gasteiger partial charge in [-0.05, 0) is 36.0 Å². The summed E-state index contributed by atoms with van der Waals surface area (Å²) < 4.78 is 36.2. The van der Waals surface area contributed by atoms with Crippen LogP contribution in [0.15, 0.2) is 29.2 Å². The molecule has 0 fully saturated rings. The van der Waals surface area contributed by atoms with Crippen molar-refractivity contribution in [3.8, 4) is 0 Å². The number of nitrogens with one attached hydrogen (secondary N) is 1. The maximum absolute atomic E-state index is 12.1. The lowest BCUT2D eigenvalue weighted by molar-refractivity contribution is -0.124. The van der Waals surface area contributed by atoms with E-state index in [2.05, 4.69) is 4.84 Å². The molecular weight excluding hydrogens is 285 g/mol. The van der Waals surface area contributed by atoms with Gasteiger partial charge in [0.2, 0.25) is 5.91 Å². The Hall–Kier alpha value is -1.74. The van der Waals surface area contributed by atoms with Crippen molar-refractivity contribution in [1.29, 1.82) is 0 Å². The van der Waals surface area contributed by atoms with Crippen LogP contribution in [0.25, 0.3) is 0 Å². The zero-order valence-corrected chi connectivity index (χ0v) is 10.2. The van der Waals surface area contributed by atoms with Crippen molar-refractivity contribution in [3.63, 3.8) is 0 Å². The van der Waals surface area contributed by atoms with Gasteiger partial charge in [0.1, 0.15) is 0 Å². The summed E-state index contributed by atoms with van der Waals surface area (Å²) >= 11 is -0.281. The van der Waals surface area contributed by atoms with Gasteiger partial charge in [-0.2, -0.15) is 13.2 Å². The van der Waals surface area contributed by atoms with Gasteiger partial charge >= 0.3 is 5.51 Å². The predicted molar refractivity (Wildman–Crippen MR) is 61.0 cm³/mol. The molecule has 9 heteroatoms. The molecule has 0 radical (unpaired) electrons. The second-order valence-electron chi connectivity index (χ2n) is 3.26. The number of benzene rings is 1. The Balaban J connectivity index is 2.56. The van der Waals surface area contributed by atoms with E-state index in [0.29, 0.717) is 0 Å². The number of amides is 2. The summed E-state index contributed by atoms with van der Waals surface area (Å²) in [7, 11) is 0. The van der Waals surface area contributed by atoms with Gasteiger partial charge in [-0.3, -0.25) is 14.4 Å². The summed E-state index contributed by atoms with van der Waals surface area (Å²) in [6.07, 6.45) is 0. The van der Waals surface area contributed by atoms with Crippen LogP contribution >= 0.6 is 11.8 Å². The van der Waals surface area contributed by atoms with Crippen molar-refractivity contribution in [3.05, 3.63) is 29.8 Å². The molecule has 0 aliphatic rings. The van der Waals surface area contributed by atoms with Gasteiger partial charge in [-0.1, -0.05) is 0 Å². The van der Waals surface area contributed by atoms with Gasteiger partial charge in [0.15, 0.2) is 6.61 Å². The average Bonchev–Trinajstić information content (AvgIpc) is 2.27. The lowest BCUT2D eigenvalue weighted by atomic mass is 10.2. The van der Waals surface area contributed by atoms with Crippen molar-refractivity contribution >= 4 is 23.6 Å². The summed E-state index contributed by atoms with van der Waals surface area (Å²) in [5.41, 5.74) is 2.41. The molecule has 0 unspecified atom stereocenters. The number of carbonyl (C=O) groups excluding carboxylic acids is 2. The number of halogens is 3. The lowest BCUT2D eigenvalue weighted by Gasteiger charge is -2.07. The van der Waals surface area contributed by atoms with E-state index in [4.69, 9.17) is 5.73 Å². The molecule has 0 saturated heterocycles. The summed E-state index contributed by atoms with van der Waals surface area (Å²) in [5, 5.41) is 0. The minimum Gasteiger partial charge on any atom is -0.368 e. The molecular formula is C10H9F3N2O3S. The number of thioether (sulfide) groups is 1. The number of hydrogen-bond acceptors (Lipinski definition) is 4. The van der Waals surface area contributed by atoms with Crippen molar-refractivity contribution in [2.75, 3.05) is 6.61 Å². The van der Waals surface area contributed by atoms with Gasteiger partial charge in [0, 0.05) is 10.5 Å². The molecule has 1 aromatic carbocycles. The highest BCUT2D eigenvalue weighted by atomic mass is 32.2. The van der Waals surface area contributed by atoms with Gasteiger partial charge in [-0.25, -0.2) is 5.48 Å². The van der Waals surface area contributed by atoms with Crippen LogP contribution in [-0.4, -0.2) is 23.9 Å². The Morgan fingerprint density at radius 1 is 1.26 bits per heavy atom. The molecule has 0 aliphatic carbocycles. The smallest absolute Gasteiger partial charge is 0.368 e. The van der Waals surface area contributed by atoms with E-state index in [-0.39, 0.29) is 22.2 Å². The normalized spacial score (nSPS) is 11.1. The molecule has 2 amide bonds.